The predicted octanol–water partition coefficient (Wildman–Crippen LogP) is 3.50. The Morgan fingerprint density at radius 1 is 1.28 bits per heavy atom. The van der Waals surface area contributed by atoms with E-state index < -0.39 is 0 Å². The highest BCUT2D eigenvalue weighted by molar-refractivity contribution is 5.24. The fraction of sp³-hybridized carbons (Fsp3) is 0.600. The molecule has 1 aromatic rings. The normalized spacial score (nSPS) is 11.8. The molecule has 0 amide bonds. The molecule has 0 atom stereocenters. The van der Waals surface area contributed by atoms with Crippen LogP contribution in [0.5, 0.6) is 0 Å². The number of nitrogens with one attached hydrogen (secondary N) is 1. The lowest BCUT2D eigenvalue weighted by Gasteiger charge is -2.17. The van der Waals surface area contributed by atoms with Crippen molar-refractivity contribution >= 4 is 0 Å². The summed E-state index contributed by atoms with van der Waals surface area (Å²) in [6.45, 7) is 8.27. The van der Waals surface area contributed by atoms with Gasteiger partial charge in [-0.1, -0.05) is 26.8 Å². The number of hydrogen-bond acceptors (Lipinski definition) is 2. The molecule has 1 rings (SSSR count). The molecule has 0 saturated heterocycles. The van der Waals surface area contributed by atoms with Crippen molar-refractivity contribution in [3.8, 4) is 0 Å². The lowest BCUT2D eigenvalue weighted by atomic mass is 9.93. The topological polar surface area (TPSA) is 21.3 Å². The van der Waals surface area contributed by atoms with Crippen molar-refractivity contribution in [3.05, 3.63) is 35.1 Å². The third-order valence-electron chi connectivity index (χ3n) is 2.74. The number of hydrogen-bond donors (Lipinski definition) is 1. The smallest absolute Gasteiger partial charge is 0.128 e. The van der Waals surface area contributed by atoms with Crippen molar-refractivity contribution in [3.63, 3.8) is 0 Å². The van der Waals surface area contributed by atoms with Crippen LogP contribution in [0, 0.1) is 11.2 Å². The van der Waals surface area contributed by atoms with E-state index in [2.05, 4.69) is 26.1 Å². The van der Waals surface area contributed by atoms with Crippen molar-refractivity contribution < 1.29 is 9.13 Å². The Morgan fingerprint density at radius 3 is 2.61 bits per heavy atom. The summed E-state index contributed by atoms with van der Waals surface area (Å²) in [7, 11) is 1.88. The third-order valence-corrected chi connectivity index (χ3v) is 2.74. The molecule has 0 aliphatic carbocycles. The molecule has 0 spiro atoms. The lowest BCUT2D eigenvalue weighted by molar-refractivity contribution is 0.0943. The highest BCUT2D eigenvalue weighted by Gasteiger charge is 2.10. The van der Waals surface area contributed by atoms with E-state index in [0.717, 1.165) is 18.5 Å². The number of ether oxygens (including phenoxy) is 1. The van der Waals surface area contributed by atoms with Crippen LogP contribution >= 0.6 is 0 Å². The maximum atomic E-state index is 13.6. The molecule has 2 nitrogen and oxygen atoms in total. The largest absolute Gasteiger partial charge is 0.377 e. The van der Waals surface area contributed by atoms with E-state index in [1.165, 1.54) is 6.07 Å². The van der Waals surface area contributed by atoms with E-state index in [-0.39, 0.29) is 11.2 Å². The maximum Gasteiger partial charge on any atom is 0.128 e. The van der Waals surface area contributed by atoms with Crippen LogP contribution in [0.1, 0.15) is 38.3 Å². The monoisotopic (exact) mass is 253 g/mol. The lowest BCUT2D eigenvalue weighted by Crippen LogP contribution is -2.10. The first-order chi connectivity index (χ1) is 8.42. The van der Waals surface area contributed by atoms with Gasteiger partial charge in [-0.25, -0.2) is 4.39 Å². The summed E-state index contributed by atoms with van der Waals surface area (Å²) in [6, 6.07) is 5.17. The molecule has 0 aliphatic rings. The van der Waals surface area contributed by atoms with Gasteiger partial charge in [0, 0.05) is 18.7 Å². The van der Waals surface area contributed by atoms with Crippen molar-refractivity contribution in [2.45, 2.75) is 40.3 Å². The van der Waals surface area contributed by atoms with Crippen molar-refractivity contribution in [1.29, 1.82) is 0 Å². The van der Waals surface area contributed by atoms with Gasteiger partial charge >= 0.3 is 0 Å². The molecular formula is C15H24FNO. The average molecular weight is 253 g/mol. The molecule has 102 valence electrons. The molecular weight excluding hydrogens is 229 g/mol. The summed E-state index contributed by atoms with van der Waals surface area (Å²) in [4.78, 5) is 0. The van der Waals surface area contributed by atoms with Gasteiger partial charge in [0.2, 0.25) is 0 Å². The zero-order valence-electron chi connectivity index (χ0n) is 11.8. The molecule has 0 radical (unpaired) electrons. The van der Waals surface area contributed by atoms with E-state index in [1.807, 2.05) is 13.1 Å². The van der Waals surface area contributed by atoms with Crippen LogP contribution in [0.4, 0.5) is 4.39 Å². The fourth-order valence-corrected chi connectivity index (χ4v) is 1.61. The minimum absolute atomic E-state index is 0.189. The average Bonchev–Trinajstić information content (AvgIpc) is 2.27. The van der Waals surface area contributed by atoms with Gasteiger partial charge in [0.25, 0.3) is 0 Å². The molecule has 1 aromatic carbocycles. The Kier molecular flexibility index (Phi) is 5.76. The second-order valence-corrected chi connectivity index (χ2v) is 5.82. The molecule has 3 heteroatoms. The van der Waals surface area contributed by atoms with Crippen molar-refractivity contribution in [2.24, 2.45) is 5.41 Å². The van der Waals surface area contributed by atoms with Gasteiger partial charge < -0.3 is 10.1 Å². The summed E-state index contributed by atoms with van der Waals surface area (Å²) < 4.78 is 19.1. The van der Waals surface area contributed by atoms with E-state index >= 15 is 0 Å². The Morgan fingerprint density at radius 2 is 2.00 bits per heavy atom. The summed E-state index contributed by atoms with van der Waals surface area (Å²) in [5, 5.41) is 3.05. The zero-order chi connectivity index (χ0) is 13.6. The number of benzene rings is 1. The zero-order valence-corrected chi connectivity index (χ0v) is 11.8. The first-order valence-electron chi connectivity index (χ1n) is 6.42. The molecule has 0 bridgehead atoms. The van der Waals surface area contributed by atoms with Gasteiger partial charge in [0.1, 0.15) is 5.82 Å². The first kappa shape index (κ1) is 15.1. The van der Waals surface area contributed by atoms with Gasteiger partial charge in [-0.3, -0.25) is 0 Å². The molecule has 0 aliphatic heterocycles. The molecule has 18 heavy (non-hydrogen) atoms. The summed E-state index contributed by atoms with van der Waals surface area (Å²) >= 11 is 0. The highest BCUT2D eigenvalue weighted by Crippen LogP contribution is 2.19. The quantitative estimate of drug-likeness (QED) is 0.783. The fourth-order valence-electron chi connectivity index (χ4n) is 1.61. The number of rotatable bonds is 6. The van der Waals surface area contributed by atoms with E-state index in [9.17, 15) is 4.39 Å². The van der Waals surface area contributed by atoms with Crippen LogP contribution in [0.3, 0.4) is 0 Å². The Labute approximate surface area is 110 Å². The van der Waals surface area contributed by atoms with E-state index in [0.29, 0.717) is 18.8 Å². The second kappa shape index (κ2) is 6.86. The summed E-state index contributed by atoms with van der Waals surface area (Å²) in [5.41, 5.74) is 1.97. The minimum Gasteiger partial charge on any atom is -0.377 e. The van der Waals surface area contributed by atoms with Gasteiger partial charge in [-0.15, -0.1) is 0 Å². The standard InChI is InChI=1S/C15H24FNO/c1-15(2,3)7-8-18-11-13-9-12(10-17-4)5-6-14(13)16/h5-6,9,17H,7-8,10-11H2,1-4H3. The van der Waals surface area contributed by atoms with E-state index in [1.54, 1.807) is 6.07 Å². The Bertz CT molecular complexity index is 371. The second-order valence-electron chi connectivity index (χ2n) is 5.82. The highest BCUT2D eigenvalue weighted by atomic mass is 19.1. The first-order valence-corrected chi connectivity index (χ1v) is 6.42. The molecule has 0 aromatic heterocycles. The maximum absolute atomic E-state index is 13.6. The molecule has 0 heterocycles. The van der Waals surface area contributed by atoms with Crippen LogP contribution in [0.2, 0.25) is 0 Å². The van der Waals surface area contributed by atoms with Crippen LogP contribution in [0.25, 0.3) is 0 Å². The van der Waals surface area contributed by atoms with Gasteiger partial charge in [0.05, 0.1) is 6.61 Å². The summed E-state index contributed by atoms with van der Waals surface area (Å²) in [6.07, 6.45) is 0.977. The molecule has 0 unspecified atom stereocenters. The van der Waals surface area contributed by atoms with Crippen LogP contribution in [-0.4, -0.2) is 13.7 Å². The predicted molar refractivity (Wildman–Crippen MR) is 72.9 cm³/mol. The van der Waals surface area contributed by atoms with Crippen molar-refractivity contribution in [2.75, 3.05) is 13.7 Å². The Hall–Kier alpha value is -0.930. The van der Waals surface area contributed by atoms with Gasteiger partial charge in [-0.2, -0.15) is 0 Å². The minimum atomic E-state index is -0.189. The Balaban J connectivity index is 2.48. The van der Waals surface area contributed by atoms with Gasteiger partial charge in [-0.05, 0) is 36.6 Å². The van der Waals surface area contributed by atoms with E-state index in [4.69, 9.17) is 4.74 Å². The van der Waals surface area contributed by atoms with Crippen LogP contribution in [-0.2, 0) is 17.9 Å². The SMILES string of the molecule is CNCc1ccc(F)c(COCCC(C)(C)C)c1. The summed E-state index contributed by atoms with van der Waals surface area (Å²) in [5.74, 6) is -0.189. The van der Waals surface area contributed by atoms with Crippen LogP contribution < -0.4 is 5.32 Å². The molecule has 1 N–H and O–H groups in total. The van der Waals surface area contributed by atoms with Crippen molar-refractivity contribution in [1.82, 2.24) is 5.32 Å². The molecule has 0 fully saturated rings. The third kappa shape index (κ3) is 5.61. The molecule has 0 saturated carbocycles. The number of halogens is 1. The van der Waals surface area contributed by atoms with Gasteiger partial charge in [0.15, 0.2) is 0 Å². The van der Waals surface area contributed by atoms with Crippen LogP contribution in [0.15, 0.2) is 18.2 Å².